The van der Waals surface area contributed by atoms with E-state index in [2.05, 4.69) is 15.0 Å². The Morgan fingerprint density at radius 2 is 2.00 bits per heavy atom. The Bertz CT molecular complexity index is 711. The smallest absolute Gasteiger partial charge is 0.241 e. The fourth-order valence-electron chi connectivity index (χ4n) is 1.56. The van der Waals surface area contributed by atoms with Gasteiger partial charge in [-0.3, -0.25) is 4.79 Å². The number of amides is 1. The molecule has 0 aliphatic heterocycles. The first-order valence-electron chi connectivity index (χ1n) is 6.20. The maximum atomic E-state index is 11.9. The lowest BCUT2D eigenvalue weighted by molar-refractivity contribution is -0.120. The normalized spacial score (nSPS) is 11.3. The maximum absolute atomic E-state index is 11.9. The molecule has 1 aromatic carbocycles. The van der Waals surface area contributed by atoms with Crippen LogP contribution in [0.2, 0.25) is 0 Å². The summed E-state index contributed by atoms with van der Waals surface area (Å²) < 4.78 is 26.1. The molecule has 0 atom stereocenters. The summed E-state index contributed by atoms with van der Waals surface area (Å²) in [5, 5.41) is 5.29. The van der Waals surface area contributed by atoms with Gasteiger partial charge in [0, 0.05) is 11.1 Å². The van der Waals surface area contributed by atoms with E-state index in [-0.39, 0.29) is 11.4 Å². The summed E-state index contributed by atoms with van der Waals surface area (Å²) in [6, 6.07) is 7.91. The fraction of sp³-hybridized carbons (Fsp3) is 0.231. The van der Waals surface area contributed by atoms with Crippen molar-refractivity contribution >= 4 is 27.3 Å². The van der Waals surface area contributed by atoms with Crippen LogP contribution in [0.1, 0.15) is 10.7 Å². The van der Waals surface area contributed by atoms with Crippen LogP contribution < -0.4 is 10.0 Å². The Labute approximate surface area is 127 Å². The van der Waals surface area contributed by atoms with Crippen molar-refractivity contribution in [3.05, 3.63) is 46.4 Å². The van der Waals surface area contributed by atoms with Gasteiger partial charge in [0.1, 0.15) is 5.01 Å². The van der Waals surface area contributed by atoms with E-state index < -0.39 is 15.9 Å². The Kier molecular flexibility index (Phi) is 5.05. The fourth-order valence-corrected chi connectivity index (χ4v) is 3.28. The Balaban J connectivity index is 1.84. The molecule has 0 unspecified atom stereocenters. The Hall–Kier alpha value is -1.77. The van der Waals surface area contributed by atoms with E-state index in [4.69, 9.17) is 0 Å². The summed E-state index contributed by atoms with van der Waals surface area (Å²) in [5.41, 5.74) is 0.897. The minimum Gasteiger partial charge on any atom is -0.348 e. The highest BCUT2D eigenvalue weighted by atomic mass is 32.2. The van der Waals surface area contributed by atoms with Gasteiger partial charge in [-0.25, -0.2) is 18.1 Å². The van der Waals surface area contributed by atoms with Crippen molar-refractivity contribution < 1.29 is 13.2 Å². The highest BCUT2D eigenvalue weighted by Crippen LogP contribution is 2.08. The van der Waals surface area contributed by atoms with E-state index in [0.717, 1.165) is 10.7 Å². The highest BCUT2D eigenvalue weighted by molar-refractivity contribution is 7.89. The zero-order valence-electron chi connectivity index (χ0n) is 11.4. The van der Waals surface area contributed by atoms with E-state index in [1.807, 2.05) is 12.3 Å². The first kappa shape index (κ1) is 15.6. The van der Waals surface area contributed by atoms with Crippen LogP contribution in [0.25, 0.3) is 0 Å². The van der Waals surface area contributed by atoms with Crippen molar-refractivity contribution in [3.8, 4) is 0 Å². The number of rotatable bonds is 6. The molecule has 0 bridgehead atoms. The van der Waals surface area contributed by atoms with Crippen LogP contribution in [0.4, 0.5) is 0 Å². The summed E-state index contributed by atoms with van der Waals surface area (Å²) in [7, 11) is -3.66. The SMILES string of the molecule is Cc1csc(CNC(=O)CNS(=O)(=O)c2ccccc2)n1. The molecule has 6 nitrogen and oxygen atoms in total. The largest absolute Gasteiger partial charge is 0.348 e. The number of nitrogens with zero attached hydrogens (tertiary/aromatic N) is 1. The molecule has 0 radical (unpaired) electrons. The number of benzene rings is 1. The van der Waals surface area contributed by atoms with Crippen LogP contribution in [0.15, 0.2) is 40.6 Å². The second kappa shape index (κ2) is 6.79. The predicted molar refractivity (Wildman–Crippen MR) is 80.3 cm³/mol. The minimum atomic E-state index is -3.66. The van der Waals surface area contributed by atoms with Gasteiger partial charge < -0.3 is 5.32 Å². The molecule has 0 spiro atoms. The third-order valence-corrected chi connectivity index (χ3v) is 4.96. The topological polar surface area (TPSA) is 88.2 Å². The number of carbonyl (C=O) groups excluding carboxylic acids is 1. The molecular weight excluding hydrogens is 310 g/mol. The molecule has 0 aliphatic carbocycles. The number of nitrogens with one attached hydrogen (secondary N) is 2. The molecule has 0 fully saturated rings. The zero-order chi connectivity index (χ0) is 15.3. The number of thiazole rings is 1. The van der Waals surface area contributed by atoms with E-state index in [1.54, 1.807) is 18.2 Å². The van der Waals surface area contributed by atoms with Crippen molar-refractivity contribution in [1.29, 1.82) is 0 Å². The number of sulfonamides is 1. The average molecular weight is 325 g/mol. The third-order valence-electron chi connectivity index (χ3n) is 2.58. The molecule has 1 aromatic heterocycles. The van der Waals surface area contributed by atoms with Crippen molar-refractivity contribution in [1.82, 2.24) is 15.0 Å². The summed E-state index contributed by atoms with van der Waals surface area (Å²) in [6.07, 6.45) is 0. The van der Waals surface area contributed by atoms with Crippen LogP contribution in [-0.4, -0.2) is 25.9 Å². The van der Waals surface area contributed by atoms with Gasteiger partial charge in [-0.15, -0.1) is 11.3 Å². The number of aryl methyl sites for hydroxylation is 1. The van der Waals surface area contributed by atoms with Crippen molar-refractivity contribution in [2.24, 2.45) is 0 Å². The van der Waals surface area contributed by atoms with Gasteiger partial charge in [-0.2, -0.15) is 0 Å². The summed E-state index contributed by atoms with van der Waals surface area (Å²) in [5.74, 6) is -0.401. The molecule has 0 aliphatic rings. The Morgan fingerprint density at radius 3 is 2.62 bits per heavy atom. The number of hydrogen-bond acceptors (Lipinski definition) is 5. The Morgan fingerprint density at radius 1 is 1.29 bits per heavy atom. The lowest BCUT2D eigenvalue weighted by Crippen LogP contribution is -2.36. The maximum Gasteiger partial charge on any atom is 0.241 e. The molecule has 2 N–H and O–H groups in total. The molecule has 2 rings (SSSR count). The molecule has 0 saturated carbocycles. The molecule has 0 saturated heterocycles. The van der Waals surface area contributed by atoms with Crippen molar-refractivity contribution in [3.63, 3.8) is 0 Å². The number of carbonyl (C=O) groups is 1. The second-order valence-corrected chi connectivity index (χ2v) is 7.01. The summed E-state index contributed by atoms with van der Waals surface area (Å²) >= 11 is 1.45. The molecule has 1 amide bonds. The lowest BCUT2D eigenvalue weighted by atomic mass is 10.4. The molecule has 2 aromatic rings. The second-order valence-electron chi connectivity index (χ2n) is 4.30. The zero-order valence-corrected chi connectivity index (χ0v) is 13.0. The van der Waals surface area contributed by atoms with Crippen LogP contribution >= 0.6 is 11.3 Å². The van der Waals surface area contributed by atoms with Crippen LogP contribution in [0.3, 0.4) is 0 Å². The molecule has 8 heteroatoms. The van der Waals surface area contributed by atoms with Gasteiger partial charge in [-0.1, -0.05) is 18.2 Å². The monoisotopic (exact) mass is 325 g/mol. The predicted octanol–water partition coefficient (Wildman–Crippen LogP) is 1.05. The van der Waals surface area contributed by atoms with Crippen molar-refractivity contribution in [2.45, 2.75) is 18.4 Å². The molecule has 112 valence electrons. The third kappa shape index (κ3) is 4.62. The van der Waals surface area contributed by atoms with Crippen LogP contribution in [0.5, 0.6) is 0 Å². The van der Waals surface area contributed by atoms with Gasteiger partial charge in [-0.05, 0) is 19.1 Å². The van der Waals surface area contributed by atoms with Gasteiger partial charge >= 0.3 is 0 Å². The van der Waals surface area contributed by atoms with E-state index >= 15 is 0 Å². The molecular formula is C13H15N3O3S2. The van der Waals surface area contributed by atoms with Crippen LogP contribution in [-0.2, 0) is 21.4 Å². The molecule has 1 heterocycles. The van der Waals surface area contributed by atoms with Gasteiger partial charge in [0.05, 0.1) is 18.0 Å². The molecule has 21 heavy (non-hydrogen) atoms. The number of hydrogen-bond donors (Lipinski definition) is 2. The van der Waals surface area contributed by atoms with Gasteiger partial charge in [0.15, 0.2) is 0 Å². The standard InChI is InChI=1S/C13H15N3O3S2/c1-10-9-20-13(16-10)8-14-12(17)7-15-21(18,19)11-5-3-2-4-6-11/h2-6,9,15H,7-8H2,1H3,(H,14,17). The highest BCUT2D eigenvalue weighted by Gasteiger charge is 2.14. The van der Waals surface area contributed by atoms with E-state index in [0.29, 0.717) is 6.54 Å². The summed E-state index contributed by atoms with van der Waals surface area (Å²) in [4.78, 5) is 16.0. The number of aromatic nitrogens is 1. The first-order chi connectivity index (χ1) is 9.97. The summed E-state index contributed by atoms with van der Waals surface area (Å²) in [6.45, 7) is 1.86. The van der Waals surface area contributed by atoms with Crippen LogP contribution in [0, 0.1) is 6.92 Å². The minimum absolute atomic E-state index is 0.133. The lowest BCUT2D eigenvalue weighted by Gasteiger charge is -2.06. The average Bonchev–Trinajstić information content (AvgIpc) is 2.90. The quantitative estimate of drug-likeness (QED) is 0.831. The van der Waals surface area contributed by atoms with Crippen molar-refractivity contribution in [2.75, 3.05) is 6.54 Å². The van der Waals surface area contributed by atoms with Gasteiger partial charge in [0.25, 0.3) is 0 Å². The first-order valence-corrected chi connectivity index (χ1v) is 8.56. The van der Waals surface area contributed by atoms with E-state index in [9.17, 15) is 13.2 Å². The van der Waals surface area contributed by atoms with Gasteiger partial charge in [0.2, 0.25) is 15.9 Å². The van der Waals surface area contributed by atoms with E-state index in [1.165, 1.54) is 23.5 Å².